The number of aromatic amines is 1. The van der Waals surface area contributed by atoms with Crippen LogP contribution in [0.15, 0.2) is 36.9 Å². The molecule has 15 heavy (non-hydrogen) atoms. The fraction of sp³-hybridized carbons (Fsp3) is 0. The lowest BCUT2D eigenvalue weighted by Crippen LogP contribution is -1.93. The summed E-state index contributed by atoms with van der Waals surface area (Å²) < 4.78 is 1.78. The van der Waals surface area contributed by atoms with E-state index in [1.807, 2.05) is 24.5 Å². The number of hydrogen-bond donors (Lipinski definition) is 2. The van der Waals surface area contributed by atoms with Crippen molar-refractivity contribution in [3.8, 4) is 5.69 Å². The summed E-state index contributed by atoms with van der Waals surface area (Å²) in [6, 6.07) is 3.76. The number of fused-ring (bicyclic) bond motifs is 1. The first kappa shape index (κ1) is 8.05. The van der Waals surface area contributed by atoms with Crippen molar-refractivity contribution in [1.82, 2.24) is 19.7 Å². The van der Waals surface area contributed by atoms with Crippen molar-refractivity contribution in [1.29, 1.82) is 0 Å². The molecule has 3 N–H and O–H groups in total. The maximum atomic E-state index is 5.70. The van der Waals surface area contributed by atoms with Crippen molar-refractivity contribution < 1.29 is 0 Å². The van der Waals surface area contributed by atoms with Gasteiger partial charge in [-0.25, -0.2) is 9.67 Å². The van der Waals surface area contributed by atoms with E-state index in [0.717, 1.165) is 16.7 Å². The lowest BCUT2D eigenvalue weighted by atomic mass is 10.3. The zero-order valence-electron chi connectivity index (χ0n) is 7.88. The van der Waals surface area contributed by atoms with Gasteiger partial charge in [0.2, 0.25) is 0 Å². The molecule has 0 radical (unpaired) electrons. The predicted molar refractivity (Wildman–Crippen MR) is 57.6 cm³/mol. The number of anilines is 1. The van der Waals surface area contributed by atoms with E-state index >= 15 is 0 Å². The highest BCUT2D eigenvalue weighted by atomic mass is 15.3. The van der Waals surface area contributed by atoms with Gasteiger partial charge in [-0.2, -0.15) is 5.10 Å². The number of hydrogen-bond acceptors (Lipinski definition) is 3. The number of nitrogens with zero attached hydrogens (tertiary/aromatic N) is 3. The van der Waals surface area contributed by atoms with Crippen LogP contribution < -0.4 is 5.73 Å². The molecule has 0 saturated heterocycles. The first-order chi connectivity index (χ1) is 7.34. The third kappa shape index (κ3) is 1.17. The Morgan fingerprint density at radius 1 is 1.40 bits per heavy atom. The van der Waals surface area contributed by atoms with Crippen LogP contribution in [0.4, 0.5) is 5.69 Å². The summed E-state index contributed by atoms with van der Waals surface area (Å²) in [6.07, 6.45) is 7.11. The molecule has 0 bridgehead atoms. The van der Waals surface area contributed by atoms with E-state index in [2.05, 4.69) is 15.1 Å². The molecule has 74 valence electrons. The van der Waals surface area contributed by atoms with Crippen LogP contribution in [0.2, 0.25) is 0 Å². The summed E-state index contributed by atoms with van der Waals surface area (Å²) in [5, 5.41) is 5.14. The van der Waals surface area contributed by atoms with E-state index in [9.17, 15) is 0 Å². The first-order valence-corrected chi connectivity index (χ1v) is 4.57. The SMILES string of the molecule is Nc1cnc2[nH]cc(-n3cccn3)c2c1. The molecule has 0 unspecified atom stereocenters. The van der Waals surface area contributed by atoms with Crippen LogP contribution >= 0.6 is 0 Å². The summed E-state index contributed by atoms with van der Waals surface area (Å²) in [7, 11) is 0. The number of aromatic nitrogens is 4. The summed E-state index contributed by atoms with van der Waals surface area (Å²) in [4.78, 5) is 7.27. The predicted octanol–water partition coefficient (Wildman–Crippen LogP) is 1.33. The van der Waals surface area contributed by atoms with Crippen LogP contribution in [0.25, 0.3) is 16.7 Å². The molecule has 3 heterocycles. The van der Waals surface area contributed by atoms with Gasteiger partial charge in [0.15, 0.2) is 0 Å². The minimum Gasteiger partial charge on any atom is -0.397 e. The summed E-state index contributed by atoms with van der Waals surface area (Å²) >= 11 is 0. The smallest absolute Gasteiger partial charge is 0.139 e. The standard InChI is InChI=1S/C10H9N5/c11-7-4-8-9(15-3-1-2-14-15)6-13-10(8)12-5-7/h1-6H,11H2,(H,12,13). The summed E-state index contributed by atoms with van der Waals surface area (Å²) in [6.45, 7) is 0. The Morgan fingerprint density at radius 3 is 3.13 bits per heavy atom. The van der Waals surface area contributed by atoms with Crippen molar-refractivity contribution in [2.24, 2.45) is 0 Å². The molecule has 0 fully saturated rings. The Hall–Kier alpha value is -2.30. The van der Waals surface area contributed by atoms with Gasteiger partial charge in [0.05, 0.1) is 17.6 Å². The van der Waals surface area contributed by atoms with Gasteiger partial charge in [0.1, 0.15) is 5.65 Å². The zero-order valence-corrected chi connectivity index (χ0v) is 7.88. The Balaban J connectivity index is 2.32. The van der Waals surface area contributed by atoms with Crippen LogP contribution in [0.5, 0.6) is 0 Å². The summed E-state index contributed by atoms with van der Waals surface area (Å²) in [5.41, 5.74) is 8.12. The van der Waals surface area contributed by atoms with Crippen molar-refractivity contribution in [3.63, 3.8) is 0 Å². The van der Waals surface area contributed by atoms with Crippen molar-refractivity contribution in [2.75, 3.05) is 5.73 Å². The quantitative estimate of drug-likeness (QED) is 0.621. The molecular formula is C10H9N5. The van der Waals surface area contributed by atoms with Gasteiger partial charge in [0, 0.05) is 24.0 Å². The highest BCUT2D eigenvalue weighted by Crippen LogP contribution is 2.21. The van der Waals surface area contributed by atoms with E-state index in [-0.39, 0.29) is 0 Å². The number of nitrogens with one attached hydrogen (secondary N) is 1. The van der Waals surface area contributed by atoms with Gasteiger partial charge in [-0.15, -0.1) is 0 Å². The topological polar surface area (TPSA) is 72.5 Å². The highest BCUT2D eigenvalue weighted by Gasteiger charge is 2.06. The Kier molecular flexibility index (Phi) is 1.53. The Labute approximate surface area is 85.5 Å². The average Bonchev–Trinajstić information content (AvgIpc) is 2.83. The van der Waals surface area contributed by atoms with Gasteiger partial charge in [0.25, 0.3) is 0 Å². The molecule has 0 saturated carbocycles. The second-order valence-corrected chi connectivity index (χ2v) is 3.29. The maximum Gasteiger partial charge on any atom is 0.139 e. The van der Waals surface area contributed by atoms with Crippen LogP contribution in [-0.4, -0.2) is 19.7 Å². The van der Waals surface area contributed by atoms with Gasteiger partial charge in [-0.05, 0) is 12.1 Å². The Morgan fingerprint density at radius 2 is 2.33 bits per heavy atom. The molecule has 3 aromatic heterocycles. The van der Waals surface area contributed by atoms with Gasteiger partial charge < -0.3 is 10.7 Å². The van der Waals surface area contributed by atoms with E-state index in [4.69, 9.17) is 5.73 Å². The molecule has 0 aliphatic rings. The highest BCUT2D eigenvalue weighted by molar-refractivity contribution is 5.87. The van der Waals surface area contributed by atoms with Crippen LogP contribution in [0.3, 0.4) is 0 Å². The second kappa shape index (κ2) is 2.84. The molecule has 3 rings (SSSR count). The first-order valence-electron chi connectivity index (χ1n) is 4.57. The fourth-order valence-electron chi connectivity index (χ4n) is 1.61. The van der Waals surface area contributed by atoms with Crippen LogP contribution in [-0.2, 0) is 0 Å². The molecule has 0 aliphatic heterocycles. The van der Waals surface area contributed by atoms with Gasteiger partial charge in [-0.1, -0.05) is 0 Å². The van der Waals surface area contributed by atoms with Crippen molar-refractivity contribution in [3.05, 3.63) is 36.9 Å². The number of nitrogen functional groups attached to an aromatic ring is 1. The van der Waals surface area contributed by atoms with Crippen LogP contribution in [0.1, 0.15) is 0 Å². The van der Waals surface area contributed by atoms with Crippen molar-refractivity contribution in [2.45, 2.75) is 0 Å². The normalized spacial score (nSPS) is 10.9. The largest absolute Gasteiger partial charge is 0.397 e. The number of rotatable bonds is 1. The van der Waals surface area contributed by atoms with Gasteiger partial charge in [-0.3, -0.25) is 0 Å². The van der Waals surface area contributed by atoms with E-state index < -0.39 is 0 Å². The van der Waals surface area contributed by atoms with E-state index in [0.29, 0.717) is 5.69 Å². The molecule has 3 aromatic rings. The molecule has 0 aliphatic carbocycles. The van der Waals surface area contributed by atoms with E-state index in [1.165, 1.54) is 0 Å². The molecule has 5 heteroatoms. The second-order valence-electron chi connectivity index (χ2n) is 3.29. The third-order valence-corrected chi connectivity index (χ3v) is 2.28. The molecule has 0 atom stereocenters. The lowest BCUT2D eigenvalue weighted by Gasteiger charge is -1.98. The third-order valence-electron chi connectivity index (χ3n) is 2.28. The summed E-state index contributed by atoms with van der Waals surface area (Å²) in [5.74, 6) is 0. The monoisotopic (exact) mass is 199 g/mol. The molecule has 0 aromatic carbocycles. The number of H-pyrrole nitrogens is 1. The number of pyridine rings is 1. The van der Waals surface area contributed by atoms with Crippen molar-refractivity contribution >= 4 is 16.7 Å². The number of nitrogens with two attached hydrogens (primary N) is 1. The Bertz CT molecular complexity index is 593. The molecule has 0 amide bonds. The molecule has 0 spiro atoms. The minimum atomic E-state index is 0.649. The average molecular weight is 199 g/mol. The van der Waals surface area contributed by atoms with Gasteiger partial charge >= 0.3 is 0 Å². The minimum absolute atomic E-state index is 0.649. The lowest BCUT2D eigenvalue weighted by molar-refractivity contribution is 0.887. The molecule has 5 nitrogen and oxygen atoms in total. The zero-order chi connectivity index (χ0) is 10.3. The maximum absolute atomic E-state index is 5.70. The van der Waals surface area contributed by atoms with E-state index in [1.54, 1.807) is 17.1 Å². The fourth-order valence-corrected chi connectivity index (χ4v) is 1.61. The molecular weight excluding hydrogens is 190 g/mol. The van der Waals surface area contributed by atoms with Crippen LogP contribution in [0, 0.1) is 0 Å².